The normalized spacial score (nSPS) is 13.3. The van der Waals surface area contributed by atoms with Gasteiger partial charge in [-0.1, -0.05) is 82.3 Å². The number of methoxy groups -OCH3 is 1. The second kappa shape index (κ2) is 11.6. The molecule has 0 aliphatic rings. The van der Waals surface area contributed by atoms with Gasteiger partial charge in [-0.2, -0.15) is 0 Å². The average Bonchev–Trinajstić information content (AvgIpc) is 2.77. The summed E-state index contributed by atoms with van der Waals surface area (Å²) in [7, 11) is 1.26. The molecule has 3 N–H and O–H groups in total. The fourth-order valence-electron chi connectivity index (χ4n) is 3.26. The van der Waals surface area contributed by atoms with Crippen LogP contribution in [0.15, 0.2) is 54.6 Å². The minimum absolute atomic E-state index is 0.262. The highest BCUT2D eigenvalue weighted by Crippen LogP contribution is 2.21. The predicted octanol–water partition coefficient (Wildman–Crippen LogP) is 3.73. The number of hydrogen-bond acceptors (Lipinski definition) is 5. The van der Waals surface area contributed by atoms with Crippen molar-refractivity contribution in [1.82, 2.24) is 15.8 Å². The number of carbonyl (C=O) groups is 2. The Morgan fingerprint density at radius 1 is 1.03 bits per heavy atom. The van der Waals surface area contributed by atoms with E-state index in [0.717, 1.165) is 16.7 Å². The van der Waals surface area contributed by atoms with E-state index in [1.807, 2.05) is 70.2 Å². The van der Waals surface area contributed by atoms with Gasteiger partial charge in [-0.3, -0.25) is 10.2 Å². The Kier molecular flexibility index (Phi) is 9.23. The van der Waals surface area contributed by atoms with Crippen molar-refractivity contribution in [3.05, 3.63) is 60.2 Å². The van der Waals surface area contributed by atoms with Crippen molar-refractivity contribution >= 4 is 12.0 Å². The topological polar surface area (TPSA) is 90.9 Å². The highest BCUT2D eigenvalue weighted by Gasteiger charge is 2.34. The Hall–Kier alpha value is -2.90. The van der Waals surface area contributed by atoms with Gasteiger partial charge in [-0.25, -0.2) is 9.80 Å². The first-order chi connectivity index (χ1) is 15.1. The van der Waals surface area contributed by atoms with Crippen LogP contribution in [0.2, 0.25) is 0 Å². The van der Waals surface area contributed by atoms with Gasteiger partial charge in [-0.05, 0) is 28.5 Å². The van der Waals surface area contributed by atoms with Crippen LogP contribution in [0.1, 0.15) is 39.7 Å². The number of rotatable bonds is 9. The third-order valence-corrected chi connectivity index (χ3v) is 5.18. The van der Waals surface area contributed by atoms with Gasteiger partial charge in [0.15, 0.2) is 0 Å². The number of aliphatic hydroxyl groups is 1. The largest absolute Gasteiger partial charge is 0.453 e. The van der Waals surface area contributed by atoms with Crippen molar-refractivity contribution in [3.63, 3.8) is 0 Å². The maximum Gasteiger partial charge on any atom is 0.407 e. The first kappa shape index (κ1) is 25.4. The van der Waals surface area contributed by atoms with Crippen LogP contribution in [0.25, 0.3) is 11.1 Å². The van der Waals surface area contributed by atoms with Crippen LogP contribution in [-0.2, 0) is 16.1 Å². The minimum Gasteiger partial charge on any atom is -0.453 e. The van der Waals surface area contributed by atoms with Crippen LogP contribution in [-0.4, -0.2) is 47.9 Å². The fraction of sp³-hybridized carbons (Fsp3) is 0.440. The SMILES string of the molecule is CCC(O)CN(Cc1ccc(-c2ccccc2)cc1)NC(=O)C(NC(=O)OC)C(C)(C)C. The van der Waals surface area contributed by atoms with Gasteiger partial charge in [0.2, 0.25) is 0 Å². The van der Waals surface area contributed by atoms with Crippen LogP contribution in [0, 0.1) is 5.41 Å². The van der Waals surface area contributed by atoms with E-state index < -0.39 is 23.7 Å². The van der Waals surface area contributed by atoms with E-state index in [-0.39, 0.29) is 12.5 Å². The maximum absolute atomic E-state index is 13.0. The van der Waals surface area contributed by atoms with Crippen LogP contribution in [0.3, 0.4) is 0 Å². The molecule has 0 aliphatic heterocycles. The molecule has 7 nitrogen and oxygen atoms in total. The minimum atomic E-state index is -0.809. The number of hydrogen-bond donors (Lipinski definition) is 3. The van der Waals surface area contributed by atoms with E-state index in [2.05, 4.69) is 27.6 Å². The summed E-state index contributed by atoms with van der Waals surface area (Å²) in [5, 5.41) is 14.5. The summed E-state index contributed by atoms with van der Waals surface area (Å²) < 4.78 is 4.67. The quantitative estimate of drug-likeness (QED) is 0.516. The van der Waals surface area contributed by atoms with Crippen molar-refractivity contribution in [2.75, 3.05) is 13.7 Å². The molecule has 7 heteroatoms. The molecule has 0 fully saturated rings. The first-order valence-corrected chi connectivity index (χ1v) is 10.9. The zero-order valence-electron chi connectivity index (χ0n) is 19.6. The first-order valence-electron chi connectivity index (χ1n) is 10.9. The molecular formula is C25H35N3O4. The monoisotopic (exact) mass is 441 g/mol. The van der Waals surface area contributed by atoms with Crippen molar-refractivity contribution in [2.24, 2.45) is 5.41 Å². The summed E-state index contributed by atoms with van der Waals surface area (Å²) in [6.45, 7) is 8.14. The van der Waals surface area contributed by atoms with E-state index >= 15 is 0 Å². The fourth-order valence-corrected chi connectivity index (χ4v) is 3.26. The Bertz CT molecular complexity index is 863. The van der Waals surface area contributed by atoms with Crippen molar-refractivity contribution in [3.8, 4) is 11.1 Å². The Morgan fingerprint density at radius 2 is 1.62 bits per heavy atom. The molecule has 0 heterocycles. The molecule has 174 valence electrons. The molecule has 2 amide bonds. The van der Waals surface area contributed by atoms with E-state index in [1.165, 1.54) is 7.11 Å². The third kappa shape index (κ3) is 7.66. The molecule has 2 rings (SSSR count). The Balaban J connectivity index is 2.16. The zero-order valence-corrected chi connectivity index (χ0v) is 19.6. The summed E-state index contributed by atoms with van der Waals surface area (Å²) in [6.07, 6.45) is -0.708. The zero-order chi connectivity index (χ0) is 23.7. The number of ether oxygens (including phenoxy) is 1. The molecular weight excluding hydrogens is 406 g/mol. The molecule has 2 aromatic rings. The molecule has 0 bridgehead atoms. The van der Waals surface area contributed by atoms with Gasteiger partial charge in [0.25, 0.3) is 5.91 Å². The highest BCUT2D eigenvalue weighted by atomic mass is 16.5. The van der Waals surface area contributed by atoms with Gasteiger partial charge in [-0.15, -0.1) is 0 Å². The number of nitrogens with zero attached hydrogens (tertiary/aromatic N) is 1. The van der Waals surface area contributed by atoms with Gasteiger partial charge in [0.1, 0.15) is 6.04 Å². The molecule has 2 atom stereocenters. The molecule has 32 heavy (non-hydrogen) atoms. The molecule has 0 spiro atoms. The summed E-state index contributed by atoms with van der Waals surface area (Å²) in [6, 6.07) is 17.4. The number of aliphatic hydroxyl groups excluding tert-OH is 1. The van der Waals surface area contributed by atoms with E-state index in [1.54, 1.807) is 5.01 Å². The second-order valence-electron chi connectivity index (χ2n) is 8.92. The van der Waals surface area contributed by atoms with Crippen LogP contribution < -0.4 is 10.7 Å². The highest BCUT2D eigenvalue weighted by molar-refractivity contribution is 5.86. The lowest BCUT2D eigenvalue weighted by Crippen LogP contribution is -2.57. The summed E-state index contributed by atoms with van der Waals surface area (Å²) in [4.78, 5) is 24.8. The number of amides is 2. The number of nitrogens with one attached hydrogen (secondary N) is 2. The van der Waals surface area contributed by atoms with Crippen molar-refractivity contribution in [1.29, 1.82) is 0 Å². The Morgan fingerprint density at radius 3 is 2.16 bits per heavy atom. The molecule has 2 aromatic carbocycles. The summed E-state index contributed by atoms with van der Waals surface area (Å²) in [5.74, 6) is -0.368. The third-order valence-electron chi connectivity index (χ3n) is 5.18. The smallest absolute Gasteiger partial charge is 0.407 e. The maximum atomic E-state index is 13.0. The average molecular weight is 442 g/mol. The lowest BCUT2D eigenvalue weighted by Gasteiger charge is -2.33. The molecule has 0 saturated carbocycles. The summed E-state index contributed by atoms with van der Waals surface area (Å²) >= 11 is 0. The predicted molar refractivity (Wildman–Crippen MR) is 126 cm³/mol. The molecule has 0 saturated heterocycles. The van der Waals surface area contributed by atoms with E-state index in [0.29, 0.717) is 13.0 Å². The lowest BCUT2D eigenvalue weighted by atomic mass is 9.86. The lowest BCUT2D eigenvalue weighted by molar-refractivity contribution is -0.131. The molecule has 2 unspecified atom stereocenters. The van der Waals surface area contributed by atoms with Gasteiger partial charge in [0.05, 0.1) is 13.2 Å². The van der Waals surface area contributed by atoms with Crippen LogP contribution in [0.4, 0.5) is 4.79 Å². The van der Waals surface area contributed by atoms with Crippen molar-refractivity contribution in [2.45, 2.75) is 52.8 Å². The van der Waals surface area contributed by atoms with Crippen LogP contribution in [0.5, 0.6) is 0 Å². The number of carbonyl (C=O) groups excluding carboxylic acids is 2. The van der Waals surface area contributed by atoms with Gasteiger partial charge in [0, 0.05) is 13.1 Å². The standard InChI is InChI=1S/C25H35N3O4/c1-6-21(29)17-28(27-23(30)22(25(2,3)4)26-24(31)32-5)16-18-12-14-20(15-13-18)19-10-8-7-9-11-19/h7-15,21-22,29H,6,16-17H2,1-5H3,(H,26,31)(H,27,30). The van der Waals surface area contributed by atoms with E-state index in [9.17, 15) is 14.7 Å². The van der Waals surface area contributed by atoms with Crippen LogP contribution >= 0.6 is 0 Å². The summed E-state index contributed by atoms with van der Waals surface area (Å²) in [5.41, 5.74) is 5.56. The van der Waals surface area contributed by atoms with E-state index in [4.69, 9.17) is 0 Å². The molecule has 0 aromatic heterocycles. The second-order valence-corrected chi connectivity index (χ2v) is 8.92. The van der Waals surface area contributed by atoms with Gasteiger partial charge >= 0.3 is 6.09 Å². The number of benzene rings is 2. The van der Waals surface area contributed by atoms with Crippen molar-refractivity contribution < 1.29 is 19.4 Å². The molecule has 0 aliphatic carbocycles. The molecule has 0 radical (unpaired) electrons. The Labute approximate surface area is 190 Å². The number of hydrazine groups is 1. The number of alkyl carbamates (subject to hydrolysis) is 1. The van der Waals surface area contributed by atoms with Gasteiger partial charge < -0.3 is 15.2 Å².